The molecule has 7 unspecified atom stereocenters. The lowest BCUT2D eigenvalue weighted by Crippen LogP contribution is -2.40. The number of benzene rings is 2. The van der Waals surface area contributed by atoms with E-state index < -0.39 is 0 Å². The van der Waals surface area contributed by atoms with Gasteiger partial charge in [-0.2, -0.15) is 0 Å². The van der Waals surface area contributed by atoms with E-state index in [1.165, 1.54) is 101 Å². The van der Waals surface area contributed by atoms with Crippen molar-refractivity contribution in [1.82, 2.24) is 0 Å². The fourth-order valence-corrected chi connectivity index (χ4v) is 12.5. The van der Waals surface area contributed by atoms with Gasteiger partial charge in [-0.05, 0) is 175 Å². The molecule has 6 aliphatic carbocycles. The summed E-state index contributed by atoms with van der Waals surface area (Å²) in [6, 6.07) is 10.1. The summed E-state index contributed by atoms with van der Waals surface area (Å²) in [6.45, 7) is 7.69. The third-order valence-electron chi connectivity index (χ3n) is 13.9. The highest BCUT2D eigenvalue weighted by atomic mass is 31.0. The maximum atomic E-state index is 3.18. The van der Waals surface area contributed by atoms with Gasteiger partial charge in [-0.3, -0.25) is 0 Å². The molecular formula is C37H49P. The smallest absolute Gasteiger partial charge is 0.00718 e. The third kappa shape index (κ3) is 3.37. The Morgan fingerprint density at radius 3 is 1.74 bits per heavy atom. The summed E-state index contributed by atoms with van der Waals surface area (Å²) in [7, 11) is 3.18. The van der Waals surface area contributed by atoms with Crippen LogP contribution in [0.15, 0.2) is 24.3 Å². The van der Waals surface area contributed by atoms with Crippen molar-refractivity contribution in [2.45, 2.75) is 122 Å². The molecule has 2 aromatic carbocycles. The zero-order chi connectivity index (χ0) is 25.8. The van der Waals surface area contributed by atoms with Gasteiger partial charge < -0.3 is 0 Å². The number of fused-ring (bicyclic) bond motifs is 10. The van der Waals surface area contributed by atoms with E-state index in [0.29, 0.717) is 10.8 Å². The van der Waals surface area contributed by atoms with E-state index in [0.717, 1.165) is 35.5 Å². The lowest BCUT2D eigenvalue weighted by molar-refractivity contribution is 0.0597. The van der Waals surface area contributed by atoms with Crippen LogP contribution in [0.4, 0.5) is 0 Å². The van der Waals surface area contributed by atoms with E-state index in [4.69, 9.17) is 0 Å². The topological polar surface area (TPSA) is 0 Å². The van der Waals surface area contributed by atoms with Gasteiger partial charge in [-0.15, -0.1) is 9.24 Å². The summed E-state index contributed by atoms with van der Waals surface area (Å²) in [5.41, 5.74) is 13.1. The van der Waals surface area contributed by atoms with E-state index in [1.807, 2.05) is 0 Å². The van der Waals surface area contributed by atoms with E-state index in [2.05, 4.69) is 54.3 Å². The maximum Gasteiger partial charge on any atom is -0.00718 e. The average molecular weight is 525 g/mol. The lowest BCUT2D eigenvalue weighted by atomic mass is 9.55. The fourth-order valence-electron chi connectivity index (χ4n) is 12.1. The zero-order valence-corrected chi connectivity index (χ0v) is 25.4. The summed E-state index contributed by atoms with van der Waals surface area (Å²) < 4.78 is 0. The molecule has 0 heterocycles. The standard InChI is InChI=1S/C37H49P/c1-22-8-9-23-25-16-20-36(2)18-4-6-31(36)27(25)10-12-29(23)34(22)35-30-13-11-28-26(24(30)14-15-33(35)38)17-21-37(3)19-5-7-32(28)37/h8-9,14-15,25-28,31-32H,4-7,10-13,16-21,38H2,1-3H3/t25?,26?,27?,28?,31?,32?,36-,37+/m1/s1. The van der Waals surface area contributed by atoms with Crippen LogP contribution in [0, 0.1) is 41.4 Å². The van der Waals surface area contributed by atoms with Crippen molar-refractivity contribution in [3.8, 4) is 11.1 Å². The van der Waals surface area contributed by atoms with Gasteiger partial charge in [0.1, 0.15) is 0 Å². The lowest BCUT2D eigenvalue weighted by Gasteiger charge is -2.50. The van der Waals surface area contributed by atoms with Crippen molar-refractivity contribution in [2.75, 3.05) is 0 Å². The molecule has 0 aromatic heterocycles. The molecule has 4 saturated carbocycles. The Balaban J connectivity index is 1.22. The van der Waals surface area contributed by atoms with Crippen LogP contribution in [0.5, 0.6) is 0 Å². The monoisotopic (exact) mass is 524 g/mol. The predicted octanol–water partition coefficient (Wildman–Crippen LogP) is 9.65. The molecular weight excluding hydrogens is 475 g/mol. The van der Waals surface area contributed by atoms with Crippen LogP contribution in [0.1, 0.15) is 131 Å². The van der Waals surface area contributed by atoms with Gasteiger partial charge in [0.05, 0.1) is 0 Å². The van der Waals surface area contributed by atoms with Gasteiger partial charge in [0.25, 0.3) is 0 Å². The highest BCUT2D eigenvalue weighted by Gasteiger charge is 2.52. The third-order valence-corrected chi connectivity index (χ3v) is 14.4. The summed E-state index contributed by atoms with van der Waals surface area (Å²) in [5, 5.41) is 1.45. The van der Waals surface area contributed by atoms with E-state index >= 15 is 0 Å². The minimum Gasteiger partial charge on any atom is -0.105 e. The second kappa shape index (κ2) is 8.68. The van der Waals surface area contributed by atoms with Crippen LogP contribution in [0.3, 0.4) is 0 Å². The Kier molecular flexibility index (Phi) is 5.63. The van der Waals surface area contributed by atoms with Gasteiger partial charge in [0, 0.05) is 0 Å². The first-order valence-corrected chi connectivity index (χ1v) is 17.0. The average Bonchev–Trinajstić information content (AvgIpc) is 3.51. The highest BCUT2D eigenvalue weighted by Crippen LogP contribution is 2.63. The van der Waals surface area contributed by atoms with Crippen molar-refractivity contribution in [2.24, 2.45) is 34.5 Å². The van der Waals surface area contributed by atoms with Gasteiger partial charge >= 0.3 is 0 Å². The van der Waals surface area contributed by atoms with Crippen molar-refractivity contribution in [3.63, 3.8) is 0 Å². The molecule has 202 valence electrons. The predicted molar refractivity (Wildman–Crippen MR) is 164 cm³/mol. The molecule has 2 aromatic rings. The quantitative estimate of drug-likeness (QED) is 0.326. The van der Waals surface area contributed by atoms with Crippen molar-refractivity contribution < 1.29 is 0 Å². The van der Waals surface area contributed by atoms with E-state index in [-0.39, 0.29) is 0 Å². The second-order valence-corrected chi connectivity index (χ2v) is 16.0. The van der Waals surface area contributed by atoms with Gasteiger partial charge in [0.2, 0.25) is 0 Å². The molecule has 0 amide bonds. The molecule has 6 aliphatic rings. The molecule has 9 atom stereocenters. The van der Waals surface area contributed by atoms with Crippen LogP contribution in [-0.2, 0) is 12.8 Å². The zero-order valence-electron chi connectivity index (χ0n) is 24.3. The van der Waals surface area contributed by atoms with E-state index in [9.17, 15) is 0 Å². The van der Waals surface area contributed by atoms with Crippen LogP contribution in [0.25, 0.3) is 11.1 Å². The van der Waals surface area contributed by atoms with Crippen LogP contribution in [-0.4, -0.2) is 0 Å². The molecule has 0 aliphatic heterocycles. The number of hydrogen-bond donors (Lipinski definition) is 0. The first-order chi connectivity index (χ1) is 18.4. The summed E-state index contributed by atoms with van der Waals surface area (Å²) >= 11 is 0. The van der Waals surface area contributed by atoms with E-state index in [1.54, 1.807) is 33.4 Å². The Bertz CT molecular complexity index is 1190. The maximum absolute atomic E-state index is 3.18. The van der Waals surface area contributed by atoms with Crippen molar-refractivity contribution in [1.29, 1.82) is 0 Å². The fraction of sp³-hybridized carbons (Fsp3) is 0.676. The summed E-state index contributed by atoms with van der Waals surface area (Å²) in [5.74, 6) is 5.44. The molecule has 4 fully saturated rings. The number of rotatable bonds is 1. The molecule has 0 N–H and O–H groups in total. The van der Waals surface area contributed by atoms with Gasteiger partial charge in [-0.1, -0.05) is 51.0 Å². The Labute approximate surface area is 234 Å². The number of hydrogen-bond acceptors (Lipinski definition) is 0. The highest BCUT2D eigenvalue weighted by molar-refractivity contribution is 7.28. The minimum atomic E-state index is 0.642. The summed E-state index contributed by atoms with van der Waals surface area (Å²) in [6.07, 6.45) is 20.2. The van der Waals surface area contributed by atoms with Crippen LogP contribution in [0.2, 0.25) is 0 Å². The van der Waals surface area contributed by atoms with Crippen LogP contribution < -0.4 is 5.30 Å². The first kappa shape index (κ1) is 24.6. The number of aryl methyl sites for hydroxylation is 1. The SMILES string of the molecule is Cc1ccc2c(c1-c1c(P)ccc3c1CCC1C3CC[C@]3(C)CCCC13)CCC1C2CC[C@@]2(C)CCCC12. The Morgan fingerprint density at radius 1 is 0.632 bits per heavy atom. The van der Waals surface area contributed by atoms with Gasteiger partial charge in [-0.25, -0.2) is 0 Å². The van der Waals surface area contributed by atoms with Crippen molar-refractivity contribution >= 4 is 14.5 Å². The first-order valence-electron chi connectivity index (χ1n) is 16.4. The minimum absolute atomic E-state index is 0.642. The second-order valence-electron chi connectivity index (χ2n) is 15.4. The normalized spacial score (nSPS) is 40.9. The van der Waals surface area contributed by atoms with Gasteiger partial charge in [0.15, 0.2) is 0 Å². The Morgan fingerprint density at radius 2 is 1.16 bits per heavy atom. The Hall–Kier alpha value is -1.13. The summed E-state index contributed by atoms with van der Waals surface area (Å²) in [4.78, 5) is 0. The molecule has 0 spiro atoms. The van der Waals surface area contributed by atoms with Crippen LogP contribution >= 0.6 is 9.24 Å². The molecule has 38 heavy (non-hydrogen) atoms. The molecule has 8 rings (SSSR count). The largest absolute Gasteiger partial charge is 0.105 e. The molecule has 0 bridgehead atoms. The molecule has 0 nitrogen and oxygen atoms in total. The van der Waals surface area contributed by atoms with Crippen molar-refractivity contribution in [3.05, 3.63) is 52.1 Å². The molecule has 1 heteroatoms. The molecule has 0 radical (unpaired) electrons. The molecule has 0 saturated heterocycles.